The number of benzene rings is 1. The third kappa shape index (κ3) is 3.72. The van der Waals surface area contributed by atoms with Crippen LogP contribution in [0, 0.1) is 0 Å². The van der Waals surface area contributed by atoms with Gasteiger partial charge in [-0.1, -0.05) is 17.7 Å². The van der Waals surface area contributed by atoms with E-state index in [0.29, 0.717) is 23.6 Å². The lowest BCUT2D eigenvalue weighted by Gasteiger charge is -2.23. The van der Waals surface area contributed by atoms with Gasteiger partial charge in [0.2, 0.25) is 21.7 Å². The number of oxazole rings is 1. The van der Waals surface area contributed by atoms with Crippen molar-refractivity contribution in [1.29, 1.82) is 0 Å². The van der Waals surface area contributed by atoms with E-state index in [1.807, 2.05) is 0 Å². The zero-order valence-corrected chi connectivity index (χ0v) is 15.7. The van der Waals surface area contributed by atoms with Crippen LogP contribution in [0.25, 0.3) is 11.7 Å². The Labute approximate surface area is 163 Å². The molecule has 0 bridgehead atoms. The van der Waals surface area contributed by atoms with Gasteiger partial charge >= 0.3 is 6.43 Å². The predicted octanol–water partition coefficient (Wildman–Crippen LogP) is 3.81. The Morgan fingerprint density at radius 3 is 2.68 bits per heavy atom. The molecule has 4 rings (SSSR count). The maximum Gasteiger partial charge on any atom is 0.314 e. The van der Waals surface area contributed by atoms with Crippen molar-refractivity contribution in [3.63, 3.8) is 0 Å². The van der Waals surface area contributed by atoms with E-state index in [4.69, 9.17) is 20.4 Å². The van der Waals surface area contributed by atoms with Crippen molar-refractivity contribution in [2.24, 2.45) is 0 Å². The predicted molar refractivity (Wildman–Crippen MR) is 94.3 cm³/mol. The molecule has 1 aliphatic rings. The van der Waals surface area contributed by atoms with Crippen molar-refractivity contribution in [3.05, 3.63) is 47.3 Å². The highest BCUT2D eigenvalue weighted by atomic mass is 35.5. The van der Waals surface area contributed by atoms with Crippen LogP contribution in [-0.4, -0.2) is 28.8 Å². The highest BCUT2D eigenvalue weighted by Crippen LogP contribution is 2.35. The third-order valence-electron chi connectivity index (χ3n) is 4.02. The average molecular weight is 431 g/mol. The first kappa shape index (κ1) is 18.8. The summed E-state index contributed by atoms with van der Waals surface area (Å²) in [6, 6.07) is 6.41. The number of anilines is 1. The third-order valence-corrected chi connectivity index (χ3v) is 6.52. The van der Waals surface area contributed by atoms with Crippen LogP contribution in [0.15, 0.2) is 39.3 Å². The molecule has 1 aliphatic carbocycles. The van der Waals surface area contributed by atoms with Crippen LogP contribution >= 0.6 is 11.6 Å². The lowest BCUT2D eigenvalue weighted by Crippen LogP contribution is -2.33. The summed E-state index contributed by atoms with van der Waals surface area (Å²) < 4.78 is 62.3. The van der Waals surface area contributed by atoms with Gasteiger partial charge < -0.3 is 8.83 Å². The van der Waals surface area contributed by atoms with E-state index < -0.39 is 27.6 Å². The molecule has 2 heterocycles. The Balaban J connectivity index is 1.63. The lowest BCUT2D eigenvalue weighted by atomic mass is 10.3. The van der Waals surface area contributed by atoms with Crippen molar-refractivity contribution in [2.75, 3.05) is 4.31 Å². The van der Waals surface area contributed by atoms with Gasteiger partial charge in [-0.25, -0.2) is 13.4 Å². The average Bonchev–Trinajstić information content (AvgIpc) is 3.22. The summed E-state index contributed by atoms with van der Waals surface area (Å²) in [7, 11) is -3.63. The molecule has 12 heteroatoms. The van der Waals surface area contributed by atoms with Crippen LogP contribution in [0.4, 0.5) is 14.5 Å². The summed E-state index contributed by atoms with van der Waals surface area (Å²) in [4.78, 5) is 4.01. The molecular weight excluding hydrogens is 418 g/mol. The second kappa shape index (κ2) is 7.13. The van der Waals surface area contributed by atoms with Gasteiger partial charge in [0.1, 0.15) is 6.54 Å². The molecule has 0 unspecified atom stereocenters. The highest BCUT2D eigenvalue weighted by molar-refractivity contribution is 7.93. The Hall–Kier alpha value is -2.53. The van der Waals surface area contributed by atoms with Crippen LogP contribution in [0.2, 0.25) is 5.02 Å². The lowest BCUT2D eigenvalue weighted by molar-refractivity contribution is 0.115. The van der Waals surface area contributed by atoms with E-state index in [9.17, 15) is 17.2 Å². The quantitative estimate of drug-likeness (QED) is 0.561. The fourth-order valence-corrected chi connectivity index (χ4v) is 4.51. The van der Waals surface area contributed by atoms with Gasteiger partial charge in [-0.05, 0) is 31.0 Å². The molecule has 0 amide bonds. The summed E-state index contributed by atoms with van der Waals surface area (Å²) in [5, 5.41) is 6.61. The SMILES string of the molecule is O=S(=O)(C1CC1)N(Cc1ncc(-c2nnc(C(F)F)o2)o1)c1cccc(Cl)c1. The number of aromatic nitrogens is 3. The van der Waals surface area contributed by atoms with Crippen molar-refractivity contribution in [2.45, 2.75) is 31.1 Å². The Kier molecular flexibility index (Phi) is 4.79. The molecule has 2 aromatic heterocycles. The van der Waals surface area contributed by atoms with Crippen LogP contribution in [0.5, 0.6) is 0 Å². The number of nitrogens with zero attached hydrogens (tertiary/aromatic N) is 4. The molecule has 1 saturated carbocycles. The molecule has 0 atom stereocenters. The summed E-state index contributed by atoms with van der Waals surface area (Å²) in [6.45, 7) is -0.199. The summed E-state index contributed by atoms with van der Waals surface area (Å²) in [5.74, 6) is -1.11. The molecule has 0 spiro atoms. The summed E-state index contributed by atoms with van der Waals surface area (Å²) >= 11 is 6.00. The van der Waals surface area contributed by atoms with E-state index in [1.165, 1.54) is 16.6 Å². The molecule has 0 N–H and O–H groups in total. The van der Waals surface area contributed by atoms with Gasteiger partial charge in [-0.2, -0.15) is 8.78 Å². The number of sulfonamides is 1. The van der Waals surface area contributed by atoms with Gasteiger partial charge in [-0.3, -0.25) is 4.31 Å². The monoisotopic (exact) mass is 430 g/mol. The zero-order chi connectivity index (χ0) is 19.9. The van der Waals surface area contributed by atoms with Gasteiger partial charge in [0.15, 0.2) is 0 Å². The van der Waals surface area contributed by atoms with Crippen molar-refractivity contribution in [3.8, 4) is 11.7 Å². The largest absolute Gasteiger partial charge is 0.434 e. The number of hydrogen-bond acceptors (Lipinski definition) is 7. The molecular formula is C16H13ClF2N4O4S. The van der Waals surface area contributed by atoms with Crippen LogP contribution < -0.4 is 4.31 Å². The second-order valence-corrected chi connectivity index (χ2v) is 8.67. The molecule has 0 radical (unpaired) electrons. The first-order valence-corrected chi connectivity index (χ1v) is 10.1. The van der Waals surface area contributed by atoms with E-state index in [0.717, 1.165) is 0 Å². The minimum atomic E-state index is -3.63. The molecule has 0 saturated heterocycles. The highest BCUT2D eigenvalue weighted by Gasteiger charge is 2.41. The number of rotatable bonds is 7. The summed E-state index contributed by atoms with van der Waals surface area (Å²) in [5.41, 5.74) is 0.372. The standard InChI is InChI=1S/C16H13ClF2N4O4S/c17-9-2-1-3-10(6-9)23(28(24,25)11-4-5-11)8-13-20-7-12(26-13)15-21-22-16(27-15)14(18)19/h1-3,6-7,11,14H,4-5,8H2. The Morgan fingerprint density at radius 2 is 2.04 bits per heavy atom. The molecule has 3 aromatic rings. The van der Waals surface area contributed by atoms with E-state index in [-0.39, 0.29) is 24.1 Å². The molecule has 1 aromatic carbocycles. The molecule has 148 valence electrons. The van der Waals surface area contributed by atoms with E-state index >= 15 is 0 Å². The number of hydrogen-bond donors (Lipinski definition) is 0. The van der Waals surface area contributed by atoms with Crippen molar-refractivity contribution in [1.82, 2.24) is 15.2 Å². The minimum absolute atomic E-state index is 0.0377. The normalized spacial score (nSPS) is 14.6. The fraction of sp³-hybridized carbons (Fsp3) is 0.312. The molecule has 0 aliphatic heterocycles. The van der Waals surface area contributed by atoms with Crippen molar-refractivity contribution >= 4 is 27.3 Å². The first-order valence-electron chi connectivity index (χ1n) is 8.18. The second-order valence-electron chi connectivity index (χ2n) is 6.10. The fourth-order valence-electron chi connectivity index (χ4n) is 2.53. The topological polar surface area (TPSA) is 102 Å². The molecule has 28 heavy (non-hydrogen) atoms. The van der Waals surface area contributed by atoms with Crippen molar-refractivity contribution < 1.29 is 26.0 Å². The van der Waals surface area contributed by atoms with E-state index in [2.05, 4.69) is 15.2 Å². The van der Waals surface area contributed by atoms with Crippen LogP contribution in [0.1, 0.15) is 31.0 Å². The van der Waals surface area contributed by atoms with E-state index in [1.54, 1.807) is 18.2 Å². The summed E-state index contributed by atoms with van der Waals surface area (Å²) in [6.07, 6.45) is -0.549. The first-order chi connectivity index (χ1) is 13.3. The van der Waals surface area contributed by atoms with Gasteiger partial charge in [0.25, 0.3) is 11.8 Å². The Bertz CT molecular complexity index is 1100. The van der Waals surface area contributed by atoms with Crippen LogP contribution in [-0.2, 0) is 16.6 Å². The van der Waals surface area contributed by atoms with Gasteiger partial charge in [-0.15, -0.1) is 10.2 Å². The smallest absolute Gasteiger partial charge is 0.314 e. The van der Waals surface area contributed by atoms with Gasteiger partial charge in [0.05, 0.1) is 17.1 Å². The zero-order valence-electron chi connectivity index (χ0n) is 14.1. The van der Waals surface area contributed by atoms with Gasteiger partial charge in [0, 0.05) is 5.02 Å². The maximum atomic E-state index is 12.9. The molecule has 1 fully saturated rings. The Morgan fingerprint density at radius 1 is 1.25 bits per heavy atom. The molecule has 8 nitrogen and oxygen atoms in total. The number of alkyl halides is 2. The van der Waals surface area contributed by atoms with Crippen LogP contribution in [0.3, 0.4) is 0 Å². The maximum absolute atomic E-state index is 12.9. The number of halogens is 3. The minimum Gasteiger partial charge on any atom is -0.434 e.